The Labute approximate surface area is 123 Å². The van der Waals surface area contributed by atoms with Gasteiger partial charge in [-0.1, -0.05) is 6.07 Å². The van der Waals surface area contributed by atoms with Gasteiger partial charge in [0.25, 0.3) is 5.91 Å². The van der Waals surface area contributed by atoms with Crippen molar-refractivity contribution in [3.8, 4) is 6.07 Å². The molecule has 0 saturated heterocycles. The second-order valence-corrected chi connectivity index (χ2v) is 4.15. The number of nitrogens with zero attached hydrogens (tertiary/aromatic N) is 3. The van der Waals surface area contributed by atoms with Crippen LogP contribution in [0.4, 0.5) is 0 Å². The number of nitrogens with one attached hydrogen (secondary N) is 1. The Morgan fingerprint density at radius 2 is 2.14 bits per heavy atom. The molecule has 112 valence electrons. The van der Waals surface area contributed by atoms with Crippen LogP contribution in [0.3, 0.4) is 0 Å². The number of pyridine rings is 1. The van der Waals surface area contributed by atoms with Crippen LogP contribution in [0.1, 0.15) is 5.56 Å². The average molecular weight is 290 g/mol. The van der Waals surface area contributed by atoms with E-state index in [0.717, 1.165) is 5.56 Å². The summed E-state index contributed by atoms with van der Waals surface area (Å²) in [4.78, 5) is 17.2. The van der Waals surface area contributed by atoms with Gasteiger partial charge < -0.3 is 20.4 Å². The number of carbonyl (C=O) groups is 1. The molecular weight excluding hydrogens is 272 g/mol. The molecule has 0 saturated carbocycles. The van der Waals surface area contributed by atoms with Crippen molar-refractivity contribution in [2.24, 2.45) is 0 Å². The third kappa shape index (κ3) is 5.60. The summed E-state index contributed by atoms with van der Waals surface area (Å²) in [5.41, 5.74) is 0.835. The number of aromatic nitrogens is 1. The Kier molecular flexibility index (Phi) is 7.50. The highest BCUT2D eigenvalue weighted by atomic mass is 16.3. The SMILES string of the molecule is N#C/C(=C/NCc1cccnc1)C(=O)N(CCO)CCO. The van der Waals surface area contributed by atoms with Gasteiger partial charge in [-0.15, -0.1) is 0 Å². The molecular formula is C14H18N4O3. The van der Waals surface area contributed by atoms with E-state index < -0.39 is 5.91 Å². The molecule has 0 fully saturated rings. The largest absolute Gasteiger partial charge is 0.395 e. The van der Waals surface area contributed by atoms with E-state index in [0.29, 0.717) is 6.54 Å². The van der Waals surface area contributed by atoms with Crippen LogP contribution < -0.4 is 5.32 Å². The number of hydrogen-bond acceptors (Lipinski definition) is 6. The summed E-state index contributed by atoms with van der Waals surface area (Å²) in [6, 6.07) is 5.47. The number of rotatable bonds is 8. The van der Waals surface area contributed by atoms with Gasteiger partial charge in [-0.25, -0.2) is 0 Å². The van der Waals surface area contributed by atoms with Gasteiger partial charge in [-0.3, -0.25) is 9.78 Å². The molecule has 0 aliphatic carbocycles. The minimum absolute atomic E-state index is 0.0705. The molecule has 7 nitrogen and oxygen atoms in total. The highest BCUT2D eigenvalue weighted by molar-refractivity contribution is 5.97. The summed E-state index contributed by atoms with van der Waals surface area (Å²) in [6.45, 7) is 0.120. The molecule has 0 aliphatic rings. The minimum atomic E-state index is -0.528. The van der Waals surface area contributed by atoms with Crippen molar-refractivity contribution in [1.82, 2.24) is 15.2 Å². The maximum Gasteiger partial charge on any atom is 0.266 e. The van der Waals surface area contributed by atoms with Crippen LogP contribution >= 0.6 is 0 Å². The Hall–Kier alpha value is -2.43. The lowest BCUT2D eigenvalue weighted by atomic mass is 10.2. The van der Waals surface area contributed by atoms with Crippen molar-refractivity contribution in [1.29, 1.82) is 5.26 Å². The maximum atomic E-state index is 12.1. The lowest BCUT2D eigenvalue weighted by Crippen LogP contribution is -2.37. The number of aliphatic hydroxyl groups is 2. The summed E-state index contributed by atoms with van der Waals surface area (Å²) in [7, 11) is 0. The van der Waals surface area contributed by atoms with Crippen molar-refractivity contribution < 1.29 is 15.0 Å². The molecule has 1 heterocycles. The van der Waals surface area contributed by atoms with Crippen molar-refractivity contribution in [3.63, 3.8) is 0 Å². The van der Waals surface area contributed by atoms with Gasteiger partial charge >= 0.3 is 0 Å². The number of aliphatic hydroxyl groups excluding tert-OH is 2. The van der Waals surface area contributed by atoms with E-state index in [-0.39, 0.29) is 31.9 Å². The van der Waals surface area contributed by atoms with Crippen molar-refractivity contribution in [2.75, 3.05) is 26.3 Å². The normalized spacial score (nSPS) is 10.8. The fourth-order valence-corrected chi connectivity index (χ4v) is 1.64. The zero-order valence-electron chi connectivity index (χ0n) is 11.6. The zero-order valence-corrected chi connectivity index (χ0v) is 11.6. The summed E-state index contributed by atoms with van der Waals surface area (Å²) >= 11 is 0. The fourth-order valence-electron chi connectivity index (χ4n) is 1.64. The number of nitriles is 1. The molecule has 0 unspecified atom stereocenters. The molecule has 1 rings (SSSR count). The molecule has 1 aromatic heterocycles. The van der Waals surface area contributed by atoms with Gasteiger partial charge in [0.05, 0.1) is 13.2 Å². The smallest absolute Gasteiger partial charge is 0.266 e. The van der Waals surface area contributed by atoms with Crippen LogP contribution in [-0.2, 0) is 11.3 Å². The Morgan fingerprint density at radius 1 is 1.43 bits per heavy atom. The molecule has 3 N–H and O–H groups in total. The van der Waals surface area contributed by atoms with Crippen LogP contribution in [0.5, 0.6) is 0 Å². The van der Waals surface area contributed by atoms with E-state index in [1.807, 2.05) is 12.1 Å². The number of hydrogen-bond donors (Lipinski definition) is 3. The molecule has 1 aromatic rings. The first-order valence-corrected chi connectivity index (χ1v) is 6.46. The lowest BCUT2D eigenvalue weighted by molar-refractivity contribution is -0.127. The zero-order chi connectivity index (χ0) is 15.5. The second kappa shape index (κ2) is 9.47. The maximum absolute atomic E-state index is 12.1. The molecule has 21 heavy (non-hydrogen) atoms. The van der Waals surface area contributed by atoms with E-state index in [1.165, 1.54) is 11.1 Å². The average Bonchev–Trinajstić information content (AvgIpc) is 2.52. The van der Waals surface area contributed by atoms with E-state index >= 15 is 0 Å². The van der Waals surface area contributed by atoms with E-state index in [9.17, 15) is 4.79 Å². The van der Waals surface area contributed by atoms with E-state index in [2.05, 4.69) is 10.3 Å². The van der Waals surface area contributed by atoms with Gasteiger partial charge in [0.15, 0.2) is 0 Å². The Morgan fingerprint density at radius 3 is 2.67 bits per heavy atom. The molecule has 0 aromatic carbocycles. The topological polar surface area (TPSA) is 109 Å². The van der Waals surface area contributed by atoms with Crippen LogP contribution in [-0.4, -0.2) is 52.3 Å². The molecule has 0 radical (unpaired) electrons. The van der Waals surface area contributed by atoms with Gasteiger partial charge in [0.1, 0.15) is 11.6 Å². The molecule has 7 heteroatoms. The van der Waals surface area contributed by atoms with Crippen LogP contribution in [0.15, 0.2) is 36.3 Å². The first-order valence-electron chi connectivity index (χ1n) is 6.46. The fraction of sp³-hybridized carbons (Fsp3) is 0.357. The molecule has 0 spiro atoms. The van der Waals surface area contributed by atoms with Gasteiger partial charge in [-0.2, -0.15) is 5.26 Å². The summed E-state index contributed by atoms with van der Waals surface area (Å²) in [6.07, 6.45) is 4.67. The highest BCUT2D eigenvalue weighted by Crippen LogP contribution is 2.01. The lowest BCUT2D eigenvalue weighted by Gasteiger charge is -2.20. The van der Waals surface area contributed by atoms with Crippen LogP contribution in [0.25, 0.3) is 0 Å². The molecule has 0 aliphatic heterocycles. The molecule has 1 amide bonds. The number of carbonyl (C=O) groups excluding carboxylic acids is 1. The number of amides is 1. The van der Waals surface area contributed by atoms with Crippen molar-refractivity contribution in [2.45, 2.75) is 6.54 Å². The predicted octanol–water partition coefficient (Wildman–Crippen LogP) is -0.608. The van der Waals surface area contributed by atoms with Gasteiger partial charge in [-0.05, 0) is 11.6 Å². The van der Waals surface area contributed by atoms with Crippen LogP contribution in [0, 0.1) is 11.3 Å². The molecule has 0 bridgehead atoms. The standard InChI is InChI=1S/C14H18N4O3/c15-8-13(14(21)18(4-6-19)5-7-20)11-17-10-12-2-1-3-16-9-12/h1-3,9,11,17,19-20H,4-7,10H2/b13-11-. The quantitative estimate of drug-likeness (QED) is 0.435. The van der Waals surface area contributed by atoms with Crippen molar-refractivity contribution >= 4 is 5.91 Å². The third-order valence-corrected chi connectivity index (χ3v) is 2.65. The van der Waals surface area contributed by atoms with E-state index in [1.54, 1.807) is 18.5 Å². The van der Waals surface area contributed by atoms with Crippen molar-refractivity contribution in [3.05, 3.63) is 41.9 Å². The summed E-state index contributed by atoms with van der Waals surface area (Å²) in [5, 5.41) is 29.7. The summed E-state index contributed by atoms with van der Waals surface area (Å²) < 4.78 is 0. The first kappa shape index (κ1) is 16.6. The Bertz CT molecular complexity index is 505. The van der Waals surface area contributed by atoms with Crippen LogP contribution in [0.2, 0.25) is 0 Å². The third-order valence-electron chi connectivity index (χ3n) is 2.65. The Balaban J connectivity index is 2.65. The second-order valence-electron chi connectivity index (χ2n) is 4.15. The van der Waals surface area contributed by atoms with Gasteiger partial charge in [0, 0.05) is 38.2 Å². The predicted molar refractivity (Wildman–Crippen MR) is 75.5 cm³/mol. The van der Waals surface area contributed by atoms with E-state index in [4.69, 9.17) is 15.5 Å². The first-order chi connectivity index (χ1) is 10.2. The minimum Gasteiger partial charge on any atom is -0.395 e. The van der Waals surface area contributed by atoms with Gasteiger partial charge in [0.2, 0.25) is 0 Å². The summed E-state index contributed by atoms with van der Waals surface area (Å²) in [5.74, 6) is -0.528. The highest BCUT2D eigenvalue weighted by Gasteiger charge is 2.17. The monoisotopic (exact) mass is 290 g/mol. The molecule has 0 atom stereocenters.